The minimum atomic E-state index is -0.748. The summed E-state index contributed by atoms with van der Waals surface area (Å²) in [6.07, 6.45) is 7.60. The lowest BCUT2D eigenvalue weighted by molar-refractivity contribution is -0.137. The maximum Gasteiger partial charge on any atom is 0.317 e. The molecule has 0 aromatic rings. The molecule has 2 N–H and O–H groups in total. The van der Waals surface area contributed by atoms with Crippen molar-refractivity contribution in [2.75, 3.05) is 13.1 Å². The van der Waals surface area contributed by atoms with E-state index in [2.05, 4.69) is 12.2 Å². The van der Waals surface area contributed by atoms with E-state index in [1.807, 2.05) is 4.90 Å². The van der Waals surface area contributed by atoms with Crippen molar-refractivity contribution in [2.45, 2.75) is 63.8 Å². The number of rotatable bonds is 4. The van der Waals surface area contributed by atoms with Crippen molar-refractivity contribution in [1.82, 2.24) is 10.2 Å². The topological polar surface area (TPSA) is 69.6 Å². The molecule has 0 aromatic heterocycles. The highest BCUT2D eigenvalue weighted by Gasteiger charge is 2.32. The van der Waals surface area contributed by atoms with Crippen LogP contribution in [0, 0.1) is 5.92 Å². The quantitative estimate of drug-likeness (QED) is 0.832. The molecule has 2 aliphatic rings. The molecule has 2 rings (SSSR count). The highest BCUT2D eigenvalue weighted by molar-refractivity contribution is 5.75. The predicted molar refractivity (Wildman–Crippen MR) is 76.6 cm³/mol. The first-order valence-corrected chi connectivity index (χ1v) is 7.77. The van der Waals surface area contributed by atoms with E-state index in [0.717, 1.165) is 25.8 Å². The van der Waals surface area contributed by atoms with Gasteiger partial charge in [0.25, 0.3) is 0 Å². The van der Waals surface area contributed by atoms with Crippen molar-refractivity contribution in [3.8, 4) is 0 Å². The van der Waals surface area contributed by atoms with E-state index >= 15 is 0 Å². The fourth-order valence-electron chi connectivity index (χ4n) is 3.37. The number of carbonyl (C=O) groups excluding carboxylic acids is 1. The molecule has 1 saturated heterocycles. The molecule has 1 heterocycles. The second-order valence-electron chi connectivity index (χ2n) is 6.58. The SMILES string of the molecule is CC1(NC(=O)N2CCC(CCC(=O)O)C2)CCCCC1. The summed E-state index contributed by atoms with van der Waals surface area (Å²) in [4.78, 5) is 24.7. The molecular formula is C15H26N2O3. The van der Waals surface area contributed by atoms with Gasteiger partial charge in [-0.05, 0) is 38.5 Å². The molecule has 1 saturated carbocycles. The summed E-state index contributed by atoms with van der Waals surface area (Å²) >= 11 is 0. The molecule has 114 valence electrons. The number of carboxylic acids is 1. The standard InChI is InChI=1S/C15H26N2O3/c1-15(8-3-2-4-9-15)16-14(20)17-10-7-12(11-17)5-6-13(18)19/h12H,2-11H2,1H3,(H,16,20)(H,18,19). The number of carbonyl (C=O) groups is 2. The van der Waals surface area contributed by atoms with Gasteiger partial charge in [-0.2, -0.15) is 0 Å². The van der Waals surface area contributed by atoms with Crippen molar-refractivity contribution in [3.63, 3.8) is 0 Å². The van der Waals surface area contributed by atoms with Gasteiger partial charge in [-0.25, -0.2) is 4.79 Å². The highest BCUT2D eigenvalue weighted by Crippen LogP contribution is 2.28. The lowest BCUT2D eigenvalue weighted by Gasteiger charge is -2.36. The molecule has 20 heavy (non-hydrogen) atoms. The van der Waals surface area contributed by atoms with E-state index < -0.39 is 5.97 Å². The second-order valence-corrected chi connectivity index (χ2v) is 6.58. The molecule has 1 atom stereocenters. The van der Waals surface area contributed by atoms with Crippen LogP contribution in [0.5, 0.6) is 0 Å². The molecular weight excluding hydrogens is 256 g/mol. The van der Waals surface area contributed by atoms with Crippen LogP contribution in [-0.4, -0.2) is 40.6 Å². The van der Waals surface area contributed by atoms with Gasteiger partial charge in [0.05, 0.1) is 0 Å². The van der Waals surface area contributed by atoms with Crippen molar-refractivity contribution in [3.05, 3.63) is 0 Å². The number of nitrogens with one attached hydrogen (secondary N) is 1. The zero-order chi connectivity index (χ0) is 14.6. The Morgan fingerprint density at radius 1 is 1.30 bits per heavy atom. The van der Waals surface area contributed by atoms with Gasteiger partial charge in [-0.1, -0.05) is 19.3 Å². The summed E-state index contributed by atoms with van der Waals surface area (Å²) in [5.41, 5.74) is -0.0471. The Balaban J connectivity index is 1.77. The third kappa shape index (κ3) is 4.12. The van der Waals surface area contributed by atoms with Crippen molar-refractivity contribution >= 4 is 12.0 Å². The predicted octanol–water partition coefficient (Wildman–Crippen LogP) is 2.61. The number of aliphatic carboxylic acids is 1. The number of amides is 2. The average Bonchev–Trinajstić information content (AvgIpc) is 2.85. The van der Waals surface area contributed by atoms with Gasteiger partial charge in [0.1, 0.15) is 0 Å². The second kappa shape index (κ2) is 6.46. The van der Waals surface area contributed by atoms with Crippen LogP contribution in [0.3, 0.4) is 0 Å². The van der Waals surface area contributed by atoms with Gasteiger partial charge in [-0.15, -0.1) is 0 Å². The summed E-state index contributed by atoms with van der Waals surface area (Å²) in [7, 11) is 0. The minimum Gasteiger partial charge on any atom is -0.481 e. The first-order valence-electron chi connectivity index (χ1n) is 7.77. The third-order valence-electron chi connectivity index (χ3n) is 4.71. The molecule has 0 aromatic carbocycles. The van der Waals surface area contributed by atoms with Crippen molar-refractivity contribution < 1.29 is 14.7 Å². The van der Waals surface area contributed by atoms with Crippen LogP contribution in [0.25, 0.3) is 0 Å². The third-order valence-corrected chi connectivity index (χ3v) is 4.71. The van der Waals surface area contributed by atoms with E-state index in [9.17, 15) is 9.59 Å². The fourth-order valence-corrected chi connectivity index (χ4v) is 3.37. The molecule has 1 unspecified atom stereocenters. The summed E-state index contributed by atoms with van der Waals surface area (Å²) < 4.78 is 0. The zero-order valence-corrected chi connectivity index (χ0v) is 12.4. The van der Waals surface area contributed by atoms with Gasteiger partial charge in [-0.3, -0.25) is 4.79 Å². The zero-order valence-electron chi connectivity index (χ0n) is 12.4. The van der Waals surface area contributed by atoms with Crippen LogP contribution in [0.15, 0.2) is 0 Å². The normalized spacial score (nSPS) is 25.4. The van der Waals surface area contributed by atoms with Gasteiger partial charge >= 0.3 is 12.0 Å². The molecule has 2 amide bonds. The first kappa shape index (κ1) is 15.1. The van der Waals surface area contributed by atoms with Gasteiger partial charge in [0.15, 0.2) is 0 Å². The van der Waals surface area contributed by atoms with Gasteiger partial charge < -0.3 is 15.3 Å². The van der Waals surface area contributed by atoms with E-state index in [0.29, 0.717) is 18.9 Å². The van der Waals surface area contributed by atoms with E-state index in [1.54, 1.807) is 0 Å². The summed E-state index contributed by atoms with van der Waals surface area (Å²) in [5.74, 6) is -0.404. The van der Waals surface area contributed by atoms with Gasteiger partial charge in [0.2, 0.25) is 0 Å². The Hall–Kier alpha value is -1.26. The smallest absolute Gasteiger partial charge is 0.317 e. The Kier molecular flexibility index (Phi) is 4.89. The van der Waals surface area contributed by atoms with E-state index in [4.69, 9.17) is 5.11 Å². The van der Waals surface area contributed by atoms with Crippen LogP contribution in [0.4, 0.5) is 4.79 Å². The maximum atomic E-state index is 12.3. The minimum absolute atomic E-state index is 0.0345. The lowest BCUT2D eigenvalue weighted by atomic mass is 9.83. The Bertz CT molecular complexity index is 364. The number of hydrogen-bond donors (Lipinski definition) is 2. The van der Waals surface area contributed by atoms with Crippen LogP contribution in [-0.2, 0) is 4.79 Å². The Morgan fingerprint density at radius 3 is 2.65 bits per heavy atom. The Morgan fingerprint density at radius 2 is 2.00 bits per heavy atom. The maximum absolute atomic E-state index is 12.3. The molecule has 5 nitrogen and oxygen atoms in total. The number of hydrogen-bond acceptors (Lipinski definition) is 2. The number of likely N-dealkylation sites (tertiary alicyclic amines) is 1. The lowest BCUT2D eigenvalue weighted by Crippen LogP contribution is -2.52. The molecule has 1 aliphatic carbocycles. The summed E-state index contributed by atoms with van der Waals surface area (Å²) in [5, 5.41) is 11.9. The molecule has 2 fully saturated rings. The Labute approximate surface area is 120 Å². The van der Waals surface area contributed by atoms with Crippen LogP contribution in [0.2, 0.25) is 0 Å². The summed E-state index contributed by atoms with van der Waals surface area (Å²) in [6, 6.07) is 0.0345. The average molecular weight is 282 g/mol. The monoisotopic (exact) mass is 282 g/mol. The molecule has 0 spiro atoms. The van der Waals surface area contributed by atoms with Crippen LogP contribution in [0.1, 0.15) is 58.3 Å². The highest BCUT2D eigenvalue weighted by atomic mass is 16.4. The first-order chi connectivity index (χ1) is 9.48. The molecule has 0 radical (unpaired) electrons. The number of carboxylic acid groups (broad SMARTS) is 1. The number of nitrogens with zero attached hydrogens (tertiary/aromatic N) is 1. The summed E-state index contributed by atoms with van der Waals surface area (Å²) in [6.45, 7) is 3.60. The molecule has 5 heteroatoms. The van der Waals surface area contributed by atoms with E-state index in [-0.39, 0.29) is 18.0 Å². The largest absolute Gasteiger partial charge is 0.481 e. The molecule has 1 aliphatic heterocycles. The van der Waals surface area contributed by atoms with Crippen LogP contribution >= 0.6 is 0 Å². The van der Waals surface area contributed by atoms with Crippen molar-refractivity contribution in [2.24, 2.45) is 5.92 Å². The molecule has 0 bridgehead atoms. The van der Waals surface area contributed by atoms with Crippen molar-refractivity contribution in [1.29, 1.82) is 0 Å². The van der Waals surface area contributed by atoms with Crippen LogP contribution < -0.4 is 5.32 Å². The fraction of sp³-hybridized carbons (Fsp3) is 0.867. The van der Waals surface area contributed by atoms with Gasteiger partial charge in [0, 0.05) is 25.0 Å². The number of urea groups is 1. The van der Waals surface area contributed by atoms with E-state index in [1.165, 1.54) is 19.3 Å².